The fourth-order valence-corrected chi connectivity index (χ4v) is 1.99. The maximum absolute atomic E-state index is 10.9. The summed E-state index contributed by atoms with van der Waals surface area (Å²) >= 11 is 0. The molecule has 1 aromatic carbocycles. The van der Waals surface area contributed by atoms with Crippen LogP contribution in [0.4, 0.5) is 0 Å². The fraction of sp³-hybridized carbons (Fsp3) is 0.533. The molecule has 2 atom stereocenters. The van der Waals surface area contributed by atoms with E-state index in [0.717, 1.165) is 12.0 Å². The van der Waals surface area contributed by atoms with Crippen LogP contribution in [0.3, 0.4) is 0 Å². The van der Waals surface area contributed by atoms with Gasteiger partial charge in [0.2, 0.25) is 0 Å². The second kappa shape index (κ2) is 6.01. The number of ether oxygens (including phenoxy) is 2. The van der Waals surface area contributed by atoms with E-state index in [0.29, 0.717) is 25.6 Å². The van der Waals surface area contributed by atoms with Gasteiger partial charge < -0.3 is 9.47 Å². The number of carbonyl (C=O) groups is 1. The summed E-state index contributed by atoms with van der Waals surface area (Å²) in [6.45, 7) is 5.36. The minimum Gasteiger partial charge on any atom is -0.463 e. The number of carbonyl (C=O) groups excluding carboxylic acids is 1. The predicted molar refractivity (Wildman–Crippen MR) is 69.3 cm³/mol. The standard InChI is InChI=1S/C15H20O3/c1-3-11(2)13-6-4-12(5-7-13)9-17-14-8-15(16)18-10-14/h4-7,11,14H,3,8-10H2,1-2H3. The Labute approximate surface area is 108 Å². The SMILES string of the molecule is CCC(C)c1ccc(COC2COC(=O)C2)cc1. The Morgan fingerprint density at radius 2 is 2.11 bits per heavy atom. The maximum atomic E-state index is 10.9. The molecule has 1 aliphatic heterocycles. The van der Waals surface area contributed by atoms with Gasteiger partial charge in [0.1, 0.15) is 12.7 Å². The zero-order valence-electron chi connectivity index (χ0n) is 11.0. The molecular formula is C15H20O3. The van der Waals surface area contributed by atoms with E-state index in [1.54, 1.807) is 0 Å². The lowest BCUT2D eigenvalue weighted by Gasteiger charge is -2.11. The Morgan fingerprint density at radius 3 is 2.67 bits per heavy atom. The largest absolute Gasteiger partial charge is 0.463 e. The van der Waals surface area contributed by atoms with Crippen LogP contribution in [-0.4, -0.2) is 18.7 Å². The van der Waals surface area contributed by atoms with E-state index in [9.17, 15) is 4.79 Å². The van der Waals surface area contributed by atoms with E-state index >= 15 is 0 Å². The van der Waals surface area contributed by atoms with Crippen molar-refractivity contribution in [2.45, 2.75) is 45.3 Å². The highest BCUT2D eigenvalue weighted by Gasteiger charge is 2.24. The number of rotatable bonds is 5. The van der Waals surface area contributed by atoms with Crippen molar-refractivity contribution in [3.05, 3.63) is 35.4 Å². The summed E-state index contributed by atoms with van der Waals surface area (Å²) in [5.41, 5.74) is 2.50. The average Bonchev–Trinajstić information content (AvgIpc) is 2.82. The molecule has 0 N–H and O–H groups in total. The number of hydrogen-bond acceptors (Lipinski definition) is 3. The molecule has 98 valence electrons. The Morgan fingerprint density at radius 1 is 1.39 bits per heavy atom. The number of benzene rings is 1. The average molecular weight is 248 g/mol. The van der Waals surface area contributed by atoms with Crippen molar-refractivity contribution in [1.29, 1.82) is 0 Å². The highest BCUT2D eigenvalue weighted by atomic mass is 16.6. The first-order chi connectivity index (χ1) is 8.69. The minimum atomic E-state index is -0.160. The molecule has 1 saturated heterocycles. The monoisotopic (exact) mass is 248 g/mol. The molecule has 3 heteroatoms. The Bertz CT molecular complexity index is 397. The molecule has 1 aromatic rings. The summed E-state index contributed by atoms with van der Waals surface area (Å²) < 4.78 is 10.5. The first-order valence-electron chi connectivity index (χ1n) is 6.55. The number of esters is 1. The van der Waals surface area contributed by atoms with E-state index < -0.39 is 0 Å². The van der Waals surface area contributed by atoms with Crippen LogP contribution in [-0.2, 0) is 20.9 Å². The van der Waals surface area contributed by atoms with Crippen LogP contribution in [0.1, 0.15) is 43.7 Å². The van der Waals surface area contributed by atoms with Gasteiger partial charge in [-0.1, -0.05) is 38.1 Å². The van der Waals surface area contributed by atoms with Crippen molar-refractivity contribution in [2.75, 3.05) is 6.61 Å². The van der Waals surface area contributed by atoms with Crippen molar-refractivity contribution in [3.8, 4) is 0 Å². The molecule has 0 saturated carbocycles. The number of cyclic esters (lactones) is 1. The van der Waals surface area contributed by atoms with Gasteiger partial charge in [-0.2, -0.15) is 0 Å². The molecule has 0 radical (unpaired) electrons. The van der Waals surface area contributed by atoms with Crippen LogP contribution < -0.4 is 0 Å². The van der Waals surface area contributed by atoms with E-state index in [-0.39, 0.29) is 12.1 Å². The highest BCUT2D eigenvalue weighted by molar-refractivity contribution is 5.71. The number of hydrogen-bond donors (Lipinski definition) is 0. The van der Waals surface area contributed by atoms with Crippen LogP contribution in [0, 0.1) is 0 Å². The molecule has 1 aliphatic rings. The quantitative estimate of drug-likeness (QED) is 0.751. The predicted octanol–water partition coefficient (Wildman–Crippen LogP) is 3.03. The molecule has 18 heavy (non-hydrogen) atoms. The van der Waals surface area contributed by atoms with Crippen LogP contribution in [0.5, 0.6) is 0 Å². The van der Waals surface area contributed by atoms with Gasteiger partial charge in [0.25, 0.3) is 0 Å². The second-order valence-corrected chi connectivity index (χ2v) is 4.87. The maximum Gasteiger partial charge on any atom is 0.308 e. The second-order valence-electron chi connectivity index (χ2n) is 4.87. The van der Waals surface area contributed by atoms with Crippen LogP contribution in [0.15, 0.2) is 24.3 Å². The fourth-order valence-electron chi connectivity index (χ4n) is 1.99. The van der Waals surface area contributed by atoms with Gasteiger partial charge in [-0.15, -0.1) is 0 Å². The van der Waals surface area contributed by atoms with Gasteiger partial charge in [-0.05, 0) is 23.5 Å². The lowest BCUT2D eigenvalue weighted by atomic mass is 9.98. The molecule has 0 amide bonds. The molecule has 1 heterocycles. The first-order valence-corrected chi connectivity index (χ1v) is 6.55. The summed E-state index contributed by atoms with van der Waals surface area (Å²) in [5, 5.41) is 0. The third-order valence-corrected chi connectivity index (χ3v) is 3.47. The molecule has 3 nitrogen and oxygen atoms in total. The third kappa shape index (κ3) is 3.33. The van der Waals surface area contributed by atoms with Gasteiger partial charge in [0, 0.05) is 0 Å². The van der Waals surface area contributed by atoms with Crippen LogP contribution in [0.25, 0.3) is 0 Å². The van der Waals surface area contributed by atoms with E-state index in [2.05, 4.69) is 38.1 Å². The smallest absolute Gasteiger partial charge is 0.308 e. The van der Waals surface area contributed by atoms with E-state index in [1.165, 1.54) is 5.56 Å². The van der Waals surface area contributed by atoms with Gasteiger partial charge in [0.15, 0.2) is 0 Å². The molecule has 0 bridgehead atoms. The summed E-state index contributed by atoms with van der Waals surface area (Å²) in [6, 6.07) is 8.50. The van der Waals surface area contributed by atoms with E-state index in [1.807, 2.05) is 0 Å². The zero-order valence-corrected chi connectivity index (χ0v) is 11.0. The van der Waals surface area contributed by atoms with Crippen molar-refractivity contribution >= 4 is 5.97 Å². The molecule has 2 unspecified atom stereocenters. The van der Waals surface area contributed by atoms with Crippen molar-refractivity contribution in [3.63, 3.8) is 0 Å². The van der Waals surface area contributed by atoms with Gasteiger partial charge in [-0.3, -0.25) is 4.79 Å². The Balaban J connectivity index is 1.84. The first kappa shape index (κ1) is 13.1. The van der Waals surface area contributed by atoms with Gasteiger partial charge in [-0.25, -0.2) is 0 Å². The van der Waals surface area contributed by atoms with Crippen molar-refractivity contribution in [1.82, 2.24) is 0 Å². The lowest BCUT2D eigenvalue weighted by molar-refractivity contribution is -0.137. The normalized spacial score (nSPS) is 20.8. The van der Waals surface area contributed by atoms with Crippen LogP contribution in [0.2, 0.25) is 0 Å². The molecule has 0 spiro atoms. The molecule has 0 aromatic heterocycles. The summed E-state index contributed by atoms with van der Waals surface area (Å²) in [6.07, 6.45) is 1.45. The molecule has 1 fully saturated rings. The highest BCUT2D eigenvalue weighted by Crippen LogP contribution is 2.19. The molecular weight excluding hydrogens is 228 g/mol. The topological polar surface area (TPSA) is 35.5 Å². The van der Waals surface area contributed by atoms with Crippen LogP contribution >= 0.6 is 0 Å². The van der Waals surface area contributed by atoms with Crippen molar-refractivity contribution in [2.24, 2.45) is 0 Å². The minimum absolute atomic E-state index is 0.0771. The Kier molecular flexibility index (Phi) is 4.37. The summed E-state index contributed by atoms with van der Waals surface area (Å²) in [5.74, 6) is 0.438. The lowest BCUT2D eigenvalue weighted by Crippen LogP contribution is -2.12. The van der Waals surface area contributed by atoms with Gasteiger partial charge in [0.05, 0.1) is 13.0 Å². The third-order valence-electron chi connectivity index (χ3n) is 3.47. The summed E-state index contributed by atoms with van der Waals surface area (Å²) in [4.78, 5) is 10.9. The van der Waals surface area contributed by atoms with Gasteiger partial charge >= 0.3 is 5.97 Å². The van der Waals surface area contributed by atoms with E-state index in [4.69, 9.17) is 9.47 Å². The summed E-state index contributed by atoms with van der Waals surface area (Å²) in [7, 11) is 0. The Hall–Kier alpha value is -1.35. The zero-order chi connectivity index (χ0) is 13.0. The molecule has 0 aliphatic carbocycles. The van der Waals surface area contributed by atoms with Crippen molar-refractivity contribution < 1.29 is 14.3 Å². The molecule has 2 rings (SSSR count).